The molecule has 3 heterocycles. The van der Waals surface area contributed by atoms with Gasteiger partial charge in [-0.1, -0.05) is 12.1 Å². The molecule has 0 amide bonds. The Hall–Kier alpha value is -3.03. The molecule has 0 saturated carbocycles. The van der Waals surface area contributed by atoms with E-state index in [-0.39, 0.29) is 17.9 Å². The van der Waals surface area contributed by atoms with Crippen molar-refractivity contribution in [1.82, 2.24) is 20.3 Å². The third-order valence-electron chi connectivity index (χ3n) is 5.74. The number of hydrogen-bond acceptors (Lipinski definition) is 7. The van der Waals surface area contributed by atoms with E-state index in [9.17, 15) is 0 Å². The molecule has 0 atom stereocenters. The summed E-state index contributed by atoms with van der Waals surface area (Å²) in [6.45, 7) is 9.12. The zero-order valence-electron chi connectivity index (χ0n) is 20.1. The maximum Gasteiger partial charge on any atom is 0.188 e. The molecule has 0 spiro atoms. The van der Waals surface area contributed by atoms with Crippen LogP contribution in [0.1, 0.15) is 40.5 Å². The van der Waals surface area contributed by atoms with Crippen LogP contribution in [0.4, 0.5) is 5.82 Å². The maximum atomic E-state index is 5.86. The zero-order chi connectivity index (χ0) is 23.5. The summed E-state index contributed by atoms with van der Waals surface area (Å²) in [5.41, 5.74) is 3.57. The van der Waals surface area contributed by atoms with Gasteiger partial charge >= 0.3 is 0 Å². The molecule has 0 radical (unpaired) electrons. The normalized spacial score (nSPS) is 17.5. The summed E-state index contributed by atoms with van der Waals surface area (Å²) >= 11 is 0. The first kappa shape index (κ1) is 23.1. The van der Waals surface area contributed by atoms with Gasteiger partial charge in [0.05, 0.1) is 23.8 Å². The van der Waals surface area contributed by atoms with Crippen LogP contribution in [0.5, 0.6) is 5.75 Å². The Morgan fingerprint density at radius 3 is 2.39 bits per heavy atom. The van der Waals surface area contributed by atoms with Crippen molar-refractivity contribution in [3.05, 3.63) is 55.0 Å². The first-order chi connectivity index (χ1) is 15.7. The Morgan fingerprint density at radius 2 is 1.76 bits per heavy atom. The molecule has 0 aliphatic carbocycles. The molecule has 1 aliphatic rings. The van der Waals surface area contributed by atoms with Gasteiger partial charge in [-0.2, -0.15) is 0 Å². The summed E-state index contributed by atoms with van der Waals surface area (Å²) in [4.78, 5) is 13.8. The minimum absolute atomic E-state index is 0.0652. The number of rotatable bonds is 7. The molecule has 0 bridgehead atoms. The van der Waals surface area contributed by atoms with Crippen molar-refractivity contribution < 1.29 is 9.47 Å². The van der Waals surface area contributed by atoms with Crippen molar-refractivity contribution in [3.63, 3.8) is 0 Å². The van der Waals surface area contributed by atoms with Gasteiger partial charge in [-0.05, 0) is 64.8 Å². The number of pyridine rings is 1. The second-order valence-electron chi connectivity index (χ2n) is 9.91. The topological polar surface area (TPSA) is 81.2 Å². The number of anilines is 1. The van der Waals surface area contributed by atoms with Crippen LogP contribution in [0.15, 0.2) is 55.0 Å². The number of nitrogens with zero attached hydrogens (tertiary/aromatic N) is 3. The van der Waals surface area contributed by atoms with Crippen LogP contribution in [-0.2, 0) is 4.74 Å². The van der Waals surface area contributed by atoms with E-state index in [1.54, 1.807) is 25.7 Å². The predicted molar refractivity (Wildman–Crippen MR) is 131 cm³/mol. The Kier molecular flexibility index (Phi) is 6.63. The molecule has 2 aromatic heterocycles. The highest BCUT2D eigenvalue weighted by Crippen LogP contribution is 2.34. The molecule has 3 aromatic rings. The van der Waals surface area contributed by atoms with E-state index in [1.165, 1.54) is 0 Å². The molecule has 33 heavy (non-hydrogen) atoms. The molecule has 7 heteroatoms. The Balaban J connectivity index is 1.55. The number of methoxy groups -OCH3 is 1. The number of benzene rings is 1. The average molecular weight is 448 g/mol. The molecule has 1 saturated heterocycles. The summed E-state index contributed by atoms with van der Waals surface area (Å²) < 4.78 is 11.0. The number of ether oxygens (including phenoxy) is 2. The van der Waals surface area contributed by atoms with Crippen molar-refractivity contribution in [3.8, 4) is 28.3 Å². The van der Waals surface area contributed by atoms with Crippen LogP contribution in [0.25, 0.3) is 22.5 Å². The van der Waals surface area contributed by atoms with Gasteiger partial charge in [0.2, 0.25) is 0 Å². The lowest BCUT2D eigenvalue weighted by atomic mass is 9.79. The zero-order valence-corrected chi connectivity index (χ0v) is 20.1. The van der Waals surface area contributed by atoms with E-state index < -0.39 is 0 Å². The Bertz CT molecular complexity index is 1050. The van der Waals surface area contributed by atoms with Gasteiger partial charge in [-0.15, -0.1) is 0 Å². The second kappa shape index (κ2) is 9.45. The fourth-order valence-electron chi connectivity index (χ4n) is 4.84. The third-order valence-corrected chi connectivity index (χ3v) is 5.74. The largest absolute Gasteiger partial charge is 0.467 e. The minimum atomic E-state index is 0.0652. The monoisotopic (exact) mass is 447 g/mol. The molecule has 1 aliphatic heterocycles. The minimum Gasteiger partial charge on any atom is -0.467 e. The van der Waals surface area contributed by atoms with Crippen molar-refractivity contribution >= 4 is 5.82 Å². The number of piperidine rings is 1. The molecular weight excluding hydrogens is 414 g/mol. The van der Waals surface area contributed by atoms with Crippen LogP contribution in [0.3, 0.4) is 0 Å². The van der Waals surface area contributed by atoms with Crippen molar-refractivity contribution in [2.75, 3.05) is 19.2 Å². The van der Waals surface area contributed by atoms with Crippen molar-refractivity contribution in [2.45, 2.75) is 57.7 Å². The molecular formula is C26H33N5O2. The van der Waals surface area contributed by atoms with E-state index in [4.69, 9.17) is 9.47 Å². The number of aromatic nitrogens is 3. The van der Waals surface area contributed by atoms with E-state index in [0.717, 1.165) is 41.2 Å². The Labute approximate surface area is 196 Å². The van der Waals surface area contributed by atoms with E-state index in [0.29, 0.717) is 11.8 Å². The van der Waals surface area contributed by atoms with Crippen LogP contribution in [0, 0.1) is 0 Å². The molecule has 0 unspecified atom stereocenters. The highest BCUT2D eigenvalue weighted by Gasteiger charge is 2.37. The Morgan fingerprint density at radius 1 is 0.970 bits per heavy atom. The van der Waals surface area contributed by atoms with Crippen molar-refractivity contribution in [2.24, 2.45) is 0 Å². The molecule has 2 N–H and O–H groups in total. The van der Waals surface area contributed by atoms with Crippen LogP contribution >= 0.6 is 0 Å². The summed E-state index contributed by atoms with van der Waals surface area (Å²) in [5.74, 6) is 1.46. The van der Waals surface area contributed by atoms with Gasteiger partial charge in [0.15, 0.2) is 6.79 Å². The molecule has 7 nitrogen and oxygen atoms in total. The number of nitrogens with one attached hydrogen (secondary N) is 2. The smallest absolute Gasteiger partial charge is 0.188 e. The van der Waals surface area contributed by atoms with Gasteiger partial charge in [0.1, 0.15) is 11.6 Å². The highest BCUT2D eigenvalue weighted by atomic mass is 16.7. The lowest BCUT2D eigenvalue weighted by molar-refractivity contribution is 0.0515. The lowest BCUT2D eigenvalue weighted by Crippen LogP contribution is -2.60. The lowest BCUT2D eigenvalue weighted by Gasteiger charge is -2.46. The molecule has 174 valence electrons. The van der Waals surface area contributed by atoms with Crippen molar-refractivity contribution in [1.29, 1.82) is 0 Å². The van der Waals surface area contributed by atoms with Gasteiger partial charge in [0, 0.05) is 41.6 Å². The first-order valence-electron chi connectivity index (χ1n) is 11.3. The third kappa shape index (κ3) is 5.86. The van der Waals surface area contributed by atoms with E-state index >= 15 is 0 Å². The number of hydrogen-bond donors (Lipinski definition) is 2. The molecule has 1 aromatic carbocycles. The molecule has 1 fully saturated rings. The van der Waals surface area contributed by atoms with Crippen LogP contribution < -0.4 is 15.4 Å². The standard InChI is InChI=1S/C26H33N5O2/c1-25(2)13-19(14-26(3,4)31-25)30-24-16-28-22(15-29-24)20-10-9-18(12-23(20)33-17-32-5)21-8-6-7-11-27-21/h6-12,15-16,19,31H,13-14,17H2,1-5H3,(H,29,30). The van der Waals surface area contributed by atoms with Crippen LogP contribution in [0.2, 0.25) is 0 Å². The fraction of sp³-hybridized carbons (Fsp3) is 0.423. The van der Waals surface area contributed by atoms with Gasteiger partial charge in [0.25, 0.3) is 0 Å². The quantitative estimate of drug-likeness (QED) is 0.498. The highest BCUT2D eigenvalue weighted by molar-refractivity contribution is 5.73. The maximum absolute atomic E-state index is 5.86. The second-order valence-corrected chi connectivity index (χ2v) is 9.91. The van der Waals surface area contributed by atoms with Gasteiger partial charge in [-0.3, -0.25) is 9.97 Å². The van der Waals surface area contributed by atoms with Gasteiger partial charge in [-0.25, -0.2) is 4.98 Å². The molecule has 4 rings (SSSR count). The van der Waals surface area contributed by atoms with E-state index in [2.05, 4.69) is 53.3 Å². The van der Waals surface area contributed by atoms with Crippen LogP contribution in [-0.4, -0.2) is 46.0 Å². The first-order valence-corrected chi connectivity index (χ1v) is 11.3. The SMILES string of the molecule is COCOc1cc(-c2ccccn2)ccc1-c1cnc(NC2CC(C)(C)NC(C)(C)C2)cn1. The predicted octanol–water partition coefficient (Wildman–Crippen LogP) is 4.91. The summed E-state index contributed by atoms with van der Waals surface area (Å²) in [7, 11) is 1.60. The van der Waals surface area contributed by atoms with Gasteiger partial charge < -0.3 is 20.1 Å². The summed E-state index contributed by atoms with van der Waals surface area (Å²) in [6.07, 6.45) is 7.40. The summed E-state index contributed by atoms with van der Waals surface area (Å²) in [5, 5.41) is 7.29. The summed E-state index contributed by atoms with van der Waals surface area (Å²) in [6, 6.07) is 12.1. The van der Waals surface area contributed by atoms with E-state index in [1.807, 2.05) is 36.4 Å². The fourth-order valence-corrected chi connectivity index (χ4v) is 4.84. The average Bonchev–Trinajstić information content (AvgIpc) is 2.76.